The van der Waals surface area contributed by atoms with E-state index in [1.54, 1.807) is 4.90 Å². The monoisotopic (exact) mass is 507 g/mol. The summed E-state index contributed by atoms with van der Waals surface area (Å²) in [6, 6.07) is 10.1. The van der Waals surface area contributed by atoms with Gasteiger partial charge in [0.2, 0.25) is 5.82 Å². The average molecular weight is 508 g/mol. The first-order valence-corrected chi connectivity index (χ1v) is 12.5. The smallest absolute Gasteiger partial charge is 0.410 e. The molecule has 1 aliphatic heterocycles. The number of ether oxygens (including phenoxy) is 1. The van der Waals surface area contributed by atoms with Gasteiger partial charge in [-0.15, -0.1) is 0 Å². The van der Waals surface area contributed by atoms with E-state index in [1.165, 1.54) is 5.56 Å². The van der Waals surface area contributed by atoms with Crippen LogP contribution in [0.25, 0.3) is 33.7 Å². The number of hydrogen-bond donors (Lipinski definition) is 0. The molecular formula is C27H30ClN5O3. The Hall–Kier alpha value is -3.39. The average Bonchev–Trinajstić information content (AvgIpc) is 3.43. The molecule has 2 aromatic carbocycles. The number of halogens is 1. The number of amides is 1. The van der Waals surface area contributed by atoms with Crippen molar-refractivity contribution in [3.05, 3.63) is 52.2 Å². The van der Waals surface area contributed by atoms with Crippen molar-refractivity contribution in [2.24, 2.45) is 0 Å². The van der Waals surface area contributed by atoms with Crippen molar-refractivity contribution in [1.82, 2.24) is 24.8 Å². The van der Waals surface area contributed by atoms with Crippen LogP contribution in [0.4, 0.5) is 4.79 Å². The van der Waals surface area contributed by atoms with Crippen LogP contribution in [0.15, 0.2) is 34.9 Å². The number of aromatic nitrogens is 4. The molecule has 0 fully saturated rings. The first kappa shape index (κ1) is 24.3. The third-order valence-electron chi connectivity index (χ3n) is 6.40. The van der Waals surface area contributed by atoms with Crippen molar-refractivity contribution in [3.63, 3.8) is 0 Å². The summed E-state index contributed by atoms with van der Waals surface area (Å²) in [5, 5.41) is 10.0. The lowest BCUT2D eigenvalue weighted by atomic mass is 9.91. The molecule has 36 heavy (non-hydrogen) atoms. The number of rotatable bonds is 3. The fourth-order valence-electron chi connectivity index (χ4n) is 4.65. The van der Waals surface area contributed by atoms with Crippen LogP contribution in [0.2, 0.25) is 5.15 Å². The van der Waals surface area contributed by atoms with Crippen LogP contribution in [0.3, 0.4) is 0 Å². The molecule has 2 aromatic heterocycles. The van der Waals surface area contributed by atoms with E-state index in [2.05, 4.69) is 36.0 Å². The SMILES string of the molecule is Cc1c(-c2noc(-c3ccc4c(c3)c(Cl)nn4C(C)C)n2)ccc2c1CCN(C(=O)OC(C)(C)C)C2. The minimum atomic E-state index is -0.516. The van der Waals surface area contributed by atoms with Gasteiger partial charge in [-0.25, -0.2) is 4.79 Å². The molecular weight excluding hydrogens is 478 g/mol. The molecule has 0 radical (unpaired) electrons. The van der Waals surface area contributed by atoms with E-state index in [4.69, 9.17) is 20.9 Å². The van der Waals surface area contributed by atoms with Crippen LogP contribution >= 0.6 is 11.6 Å². The highest BCUT2D eigenvalue weighted by Crippen LogP contribution is 2.33. The molecule has 0 bridgehead atoms. The molecule has 9 heteroatoms. The first-order chi connectivity index (χ1) is 17.0. The Labute approximate surface area is 215 Å². The van der Waals surface area contributed by atoms with Gasteiger partial charge < -0.3 is 14.2 Å². The summed E-state index contributed by atoms with van der Waals surface area (Å²) in [5.41, 5.74) is 5.58. The Morgan fingerprint density at radius 2 is 1.97 bits per heavy atom. The molecule has 0 N–H and O–H groups in total. The molecule has 8 nitrogen and oxygen atoms in total. The predicted molar refractivity (Wildman–Crippen MR) is 139 cm³/mol. The quantitative estimate of drug-likeness (QED) is 0.311. The fraction of sp³-hybridized carbons (Fsp3) is 0.407. The minimum absolute atomic E-state index is 0.198. The molecule has 3 heterocycles. The van der Waals surface area contributed by atoms with E-state index in [0.29, 0.717) is 30.0 Å². The highest BCUT2D eigenvalue weighted by atomic mass is 35.5. The third-order valence-corrected chi connectivity index (χ3v) is 6.68. The summed E-state index contributed by atoms with van der Waals surface area (Å²) >= 11 is 6.40. The lowest BCUT2D eigenvalue weighted by molar-refractivity contribution is 0.0224. The van der Waals surface area contributed by atoms with E-state index in [0.717, 1.165) is 39.6 Å². The second kappa shape index (κ2) is 8.92. The molecule has 0 saturated carbocycles. The summed E-state index contributed by atoms with van der Waals surface area (Å²) in [6.07, 6.45) is 0.460. The number of benzene rings is 2. The summed E-state index contributed by atoms with van der Waals surface area (Å²) in [6.45, 7) is 13.0. The Morgan fingerprint density at radius 1 is 1.19 bits per heavy atom. The van der Waals surface area contributed by atoms with E-state index in [-0.39, 0.29) is 12.1 Å². The summed E-state index contributed by atoms with van der Waals surface area (Å²) in [4.78, 5) is 19.0. The molecule has 0 spiro atoms. The van der Waals surface area contributed by atoms with Crippen molar-refractivity contribution in [2.75, 3.05) is 6.54 Å². The fourth-order valence-corrected chi connectivity index (χ4v) is 4.88. The Morgan fingerprint density at radius 3 is 2.69 bits per heavy atom. The molecule has 188 valence electrons. The molecule has 0 saturated heterocycles. The van der Waals surface area contributed by atoms with Crippen LogP contribution in [-0.4, -0.2) is 43.1 Å². The number of fused-ring (bicyclic) bond motifs is 2. The van der Waals surface area contributed by atoms with Gasteiger partial charge in [-0.3, -0.25) is 4.68 Å². The van der Waals surface area contributed by atoms with Gasteiger partial charge in [0.05, 0.1) is 5.52 Å². The van der Waals surface area contributed by atoms with Gasteiger partial charge in [-0.2, -0.15) is 10.1 Å². The van der Waals surface area contributed by atoms with Gasteiger partial charge in [0, 0.05) is 35.6 Å². The van der Waals surface area contributed by atoms with Gasteiger partial charge >= 0.3 is 6.09 Å². The standard InChI is InChI=1S/C27H30ClN5O3/c1-15(2)33-22-10-8-17(13-21(22)23(28)30-33)25-29-24(31-36-25)20-9-7-18-14-32(12-11-19(18)16(20)3)26(34)35-27(4,5)6/h7-10,13,15H,11-12,14H2,1-6H3. The number of carbonyl (C=O) groups excluding carboxylic acids is 1. The molecule has 5 rings (SSSR count). The molecule has 4 aromatic rings. The van der Waals surface area contributed by atoms with Crippen LogP contribution in [0, 0.1) is 6.92 Å². The normalized spacial score (nSPS) is 13.9. The molecule has 0 aliphatic carbocycles. The van der Waals surface area contributed by atoms with E-state index >= 15 is 0 Å². The van der Waals surface area contributed by atoms with E-state index < -0.39 is 5.60 Å². The number of hydrogen-bond acceptors (Lipinski definition) is 6. The Balaban J connectivity index is 1.41. The van der Waals surface area contributed by atoms with Crippen LogP contribution in [0.1, 0.15) is 57.4 Å². The van der Waals surface area contributed by atoms with Crippen molar-refractivity contribution in [1.29, 1.82) is 0 Å². The zero-order valence-electron chi connectivity index (χ0n) is 21.4. The van der Waals surface area contributed by atoms with E-state index in [9.17, 15) is 4.79 Å². The maximum Gasteiger partial charge on any atom is 0.410 e. The molecule has 1 amide bonds. The van der Waals surface area contributed by atoms with Gasteiger partial charge in [-0.1, -0.05) is 28.9 Å². The van der Waals surface area contributed by atoms with Crippen molar-refractivity contribution < 1.29 is 14.1 Å². The van der Waals surface area contributed by atoms with Crippen molar-refractivity contribution >= 4 is 28.6 Å². The zero-order valence-corrected chi connectivity index (χ0v) is 22.2. The first-order valence-electron chi connectivity index (χ1n) is 12.1. The van der Waals surface area contributed by atoms with Gasteiger partial charge in [0.25, 0.3) is 5.89 Å². The van der Waals surface area contributed by atoms with Gasteiger partial charge in [0.1, 0.15) is 5.60 Å². The zero-order chi connectivity index (χ0) is 25.8. The second-order valence-corrected chi connectivity index (χ2v) is 10.9. The topological polar surface area (TPSA) is 86.3 Å². The maximum atomic E-state index is 12.5. The molecule has 0 unspecified atom stereocenters. The summed E-state index contributed by atoms with van der Waals surface area (Å²) < 4.78 is 13.1. The highest BCUT2D eigenvalue weighted by molar-refractivity contribution is 6.34. The minimum Gasteiger partial charge on any atom is -0.444 e. The maximum absolute atomic E-state index is 12.5. The Kier molecular flexibility index (Phi) is 6.03. The second-order valence-electron chi connectivity index (χ2n) is 10.5. The van der Waals surface area contributed by atoms with Crippen LogP contribution in [0.5, 0.6) is 0 Å². The Bertz CT molecular complexity index is 1460. The third kappa shape index (κ3) is 4.46. The van der Waals surface area contributed by atoms with Crippen LogP contribution < -0.4 is 0 Å². The number of carbonyl (C=O) groups is 1. The summed E-state index contributed by atoms with van der Waals surface area (Å²) in [7, 11) is 0. The van der Waals surface area contributed by atoms with Crippen molar-refractivity contribution in [2.45, 2.75) is 66.2 Å². The van der Waals surface area contributed by atoms with Gasteiger partial charge in [0.15, 0.2) is 5.15 Å². The molecule has 1 aliphatic rings. The lowest BCUT2D eigenvalue weighted by Gasteiger charge is -2.32. The predicted octanol–water partition coefficient (Wildman–Crippen LogP) is 6.59. The van der Waals surface area contributed by atoms with Gasteiger partial charge in [-0.05, 0) is 82.9 Å². The highest BCUT2D eigenvalue weighted by Gasteiger charge is 2.27. The van der Waals surface area contributed by atoms with Crippen molar-refractivity contribution in [3.8, 4) is 22.8 Å². The largest absolute Gasteiger partial charge is 0.444 e. The summed E-state index contributed by atoms with van der Waals surface area (Å²) in [5.74, 6) is 0.956. The van der Waals surface area contributed by atoms with Crippen LogP contribution in [-0.2, 0) is 17.7 Å². The lowest BCUT2D eigenvalue weighted by Crippen LogP contribution is -2.40. The van der Waals surface area contributed by atoms with E-state index in [1.807, 2.05) is 55.8 Å². The molecule has 0 atom stereocenters. The number of nitrogens with zero attached hydrogens (tertiary/aromatic N) is 5.